The van der Waals surface area contributed by atoms with E-state index in [2.05, 4.69) is 15.5 Å². The van der Waals surface area contributed by atoms with Crippen LogP contribution in [0.1, 0.15) is 44.9 Å². The average molecular weight is 429 g/mol. The molecule has 1 atom stereocenters. The first-order chi connectivity index (χ1) is 12.9. The molecule has 0 saturated heterocycles. The van der Waals surface area contributed by atoms with Crippen molar-refractivity contribution >= 4 is 22.4 Å². The number of benzene rings is 1. The van der Waals surface area contributed by atoms with Crippen LogP contribution in [-0.4, -0.2) is 49.0 Å². The molecule has 2 aromatic rings. The zero-order valence-electron chi connectivity index (χ0n) is 16.6. The first-order valence-corrected chi connectivity index (χ1v) is 10.9. The molecule has 7 nitrogen and oxygen atoms in total. The minimum Gasteiger partial charge on any atom is -0.334 e. The number of likely N-dealkylation sites (N-methyl/N-ethyl adjacent to an activating group) is 1. The Bertz CT molecular complexity index is 866. The third-order valence-electron chi connectivity index (χ3n) is 5.30. The number of sulfonamides is 1. The number of hydrogen-bond acceptors (Lipinski definition) is 6. The Balaban J connectivity index is 0.00000280. The summed E-state index contributed by atoms with van der Waals surface area (Å²) in [5.41, 5.74) is 0.615. The van der Waals surface area contributed by atoms with Crippen molar-refractivity contribution in [1.82, 2.24) is 19.8 Å². The van der Waals surface area contributed by atoms with Crippen molar-refractivity contribution in [2.24, 2.45) is 0 Å². The van der Waals surface area contributed by atoms with Crippen LogP contribution in [0, 0.1) is 0 Å². The zero-order chi connectivity index (χ0) is 19.4. The summed E-state index contributed by atoms with van der Waals surface area (Å²) in [5, 5.41) is 7.12. The average Bonchev–Trinajstić information content (AvgIpc) is 3.16. The summed E-state index contributed by atoms with van der Waals surface area (Å²) in [5.74, 6) is 0.935. The van der Waals surface area contributed by atoms with E-state index in [1.165, 1.54) is 10.7 Å². The van der Waals surface area contributed by atoms with Crippen molar-refractivity contribution < 1.29 is 12.9 Å². The van der Waals surface area contributed by atoms with Crippen molar-refractivity contribution in [3.8, 4) is 11.5 Å². The molecule has 1 fully saturated rings. The number of aromatic nitrogens is 2. The molecular formula is C19H29ClN4O3S. The third-order valence-corrected chi connectivity index (χ3v) is 7.20. The molecule has 156 valence electrons. The molecule has 1 unspecified atom stereocenters. The molecule has 1 saturated carbocycles. The van der Waals surface area contributed by atoms with E-state index in [1.807, 2.05) is 14.0 Å². The van der Waals surface area contributed by atoms with E-state index in [0.717, 1.165) is 25.7 Å². The Morgan fingerprint density at radius 2 is 2.00 bits per heavy atom. The van der Waals surface area contributed by atoms with Crippen LogP contribution in [0.5, 0.6) is 0 Å². The van der Waals surface area contributed by atoms with Gasteiger partial charge >= 0.3 is 0 Å². The normalized spacial score (nSPS) is 16.7. The van der Waals surface area contributed by atoms with Crippen LogP contribution in [0.4, 0.5) is 0 Å². The Morgan fingerprint density at radius 3 is 2.68 bits per heavy atom. The fourth-order valence-electron chi connectivity index (χ4n) is 3.43. The molecule has 0 radical (unpaired) electrons. The maximum absolute atomic E-state index is 13.1. The van der Waals surface area contributed by atoms with Crippen LogP contribution < -0.4 is 5.32 Å². The van der Waals surface area contributed by atoms with Crippen molar-refractivity contribution in [1.29, 1.82) is 0 Å². The molecule has 0 amide bonds. The lowest BCUT2D eigenvalue weighted by molar-refractivity contribution is 0.286. The maximum Gasteiger partial charge on any atom is 0.257 e. The van der Waals surface area contributed by atoms with Gasteiger partial charge in [0, 0.05) is 31.1 Å². The van der Waals surface area contributed by atoms with Gasteiger partial charge in [0.25, 0.3) is 5.89 Å². The Kier molecular flexibility index (Phi) is 8.00. The molecule has 3 rings (SSSR count). The molecule has 1 aliphatic rings. The van der Waals surface area contributed by atoms with Crippen molar-refractivity contribution in [3.63, 3.8) is 0 Å². The molecule has 1 N–H and O–H groups in total. The molecule has 9 heteroatoms. The summed E-state index contributed by atoms with van der Waals surface area (Å²) in [6, 6.07) is 7.05. The smallest absolute Gasteiger partial charge is 0.257 e. The van der Waals surface area contributed by atoms with Gasteiger partial charge in [-0.3, -0.25) is 0 Å². The van der Waals surface area contributed by atoms with Gasteiger partial charge in [-0.05, 0) is 45.0 Å². The van der Waals surface area contributed by atoms with Gasteiger partial charge in [0.1, 0.15) is 0 Å². The van der Waals surface area contributed by atoms with E-state index in [4.69, 9.17) is 4.52 Å². The molecule has 1 aromatic carbocycles. The van der Waals surface area contributed by atoms with Crippen LogP contribution in [0.2, 0.25) is 0 Å². The van der Waals surface area contributed by atoms with Crippen LogP contribution in [-0.2, 0) is 16.4 Å². The third kappa shape index (κ3) is 5.11. The van der Waals surface area contributed by atoms with Gasteiger partial charge in [-0.15, -0.1) is 12.4 Å². The van der Waals surface area contributed by atoms with Gasteiger partial charge in [0.2, 0.25) is 10.0 Å². The number of rotatable bonds is 7. The fourth-order valence-corrected chi connectivity index (χ4v) is 4.89. The summed E-state index contributed by atoms with van der Waals surface area (Å²) in [6.45, 7) is 2.03. The summed E-state index contributed by atoms with van der Waals surface area (Å²) in [6.07, 6.45) is 5.84. The molecular weight excluding hydrogens is 400 g/mol. The minimum atomic E-state index is -3.55. The molecule has 0 bridgehead atoms. The highest BCUT2D eigenvalue weighted by molar-refractivity contribution is 7.89. The Hall–Kier alpha value is -1.48. The van der Waals surface area contributed by atoms with Crippen molar-refractivity contribution in [3.05, 3.63) is 30.1 Å². The van der Waals surface area contributed by atoms with Crippen molar-refractivity contribution in [2.45, 2.75) is 62.4 Å². The molecule has 28 heavy (non-hydrogen) atoms. The van der Waals surface area contributed by atoms with Crippen LogP contribution in [0.3, 0.4) is 0 Å². The van der Waals surface area contributed by atoms with Crippen molar-refractivity contribution in [2.75, 3.05) is 14.1 Å². The minimum absolute atomic E-state index is 0. The predicted octanol–water partition coefficient (Wildman–Crippen LogP) is 3.26. The lowest BCUT2D eigenvalue weighted by Crippen LogP contribution is -2.38. The monoisotopic (exact) mass is 428 g/mol. The summed E-state index contributed by atoms with van der Waals surface area (Å²) < 4.78 is 33.0. The van der Waals surface area contributed by atoms with E-state index in [0.29, 0.717) is 23.7 Å². The van der Waals surface area contributed by atoms with Gasteiger partial charge in [0.15, 0.2) is 5.82 Å². The predicted molar refractivity (Wildman–Crippen MR) is 111 cm³/mol. The summed E-state index contributed by atoms with van der Waals surface area (Å²) in [7, 11) is 0.00848. The Labute approximate surface area is 173 Å². The first-order valence-electron chi connectivity index (χ1n) is 9.50. The van der Waals surface area contributed by atoms with Gasteiger partial charge in [-0.2, -0.15) is 9.29 Å². The molecule has 1 aliphatic carbocycles. The second-order valence-electron chi connectivity index (χ2n) is 7.25. The standard InChI is InChI=1S/C19H28N4O3S.ClH/c1-14(20-2)12-18-21-19(26-22-18)15-8-7-11-17(13-15)27(24,25)23(3)16-9-5-4-6-10-16;/h7-8,11,13-14,16,20H,4-6,9-10,12H2,1-3H3;1H. The number of halogens is 1. The number of nitrogens with one attached hydrogen (secondary N) is 1. The fraction of sp³-hybridized carbons (Fsp3) is 0.579. The second kappa shape index (κ2) is 9.82. The lowest BCUT2D eigenvalue weighted by Gasteiger charge is -2.30. The summed E-state index contributed by atoms with van der Waals surface area (Å²) in [4.78, 5) is 4.66. The highest BCUT2D eigenvalue weighted by atomic mass is 35.5. The highest BCUT2D eigenvalue weighted by Crippen LogP contribution is 2.28. The van der Waals surface area contributed by atoms with Crippen LogP contribution >= 0.6 is 12.4 Å². The molecule has 1 aromatic heterocycles. The number of nitrogens with zero attached hydrogens (tertiary/aromatic N) is 3. The van der Waals surface area contributed by atoms with E-state index in [1.54, 1.807) is 31.3 Å². The van der Waals surface area contributed by atoms with E-state index in [-0.39, 0.29) is 29.4 Å². The zero-order valence-corrected chi connectivity index (χ0v) is 18.2. The van der Waals surface area contributed by atoms with Gasteiger partial charge in [0.05, 0.1) is 4.90 Å². The quantitative estimate of drug-likeness (QED) is 0.728. The topological polar surface area (TPSA) is 88.3 Å². The molecule has 0 aliphatic heterocycles. The highest BCUT2D eigenvalue weighted by Gasteiger charge is 2.29. The van der Waals surface area contributed by atoms with Crippen LogP contribution in [0.25, 0.3) is 11.5 Å². The largest absolute Gasteiger partial charge is 0.334 e. The molecule has 0 spiro atoms. The maximum atomic E-state index is 13.1. The lowest BCUT2D eigenvalue weighted by atomic mass is 9.96. The van der Waals surface area contributed by atoms with E-state index >= 15 is 0 Å². The molecule has 1 heterocycles. The van der Waals surface area contributed by atoms with E-state index < -0.39 is 10.0 Å². The Morgan fingerprint density at radius 1 is 1.29 bits per heavy atom. The van der Waals surface area contributed by atoms with Gasteiger partial charge in [-0.1, -0.05) is 30.5 Å². The summed E-state index contributed by atoms with van der Waals surface area (Å²) >= 11 is 0. The van der Waals surface area contributed by atoms with Gasteiger partial charge < -0.3 is 9.84 Å². The van der Waals surface area contributed by atoms with Crippen LogP contribution in [0.15, 0.2) is 33.7 Å². The SMILES string of the molecule is CNC(C)Cc1noc(-c2cccc(S(=O)(=O)N(C)C3CCCCC3)c2)n1.Cl. The van der Waals surface area contributed by atoms with Gasteiger partial charge in [-0.25, -0.2) is 8.42 Å². The first kappa shape index (κ1) is 22.8. The van der Waals surface area contributed by atoms with E-state index in [9.17, 15) is 8.42 Å². The second-order valence-corrected chi connectivity index (χ2v) is 9.25. The number of hydrogen-bond donors (Lipinski definition) is 1.